The van der Waals surface area contributed by atoms with E-state index >= 15 is 0 Å². The van der Waals surface area contributed by atoms with Crippen molar-refractivity contribution in [3.8, 4) is 0 Å². The van der Waals surface area contributed by atoms with Crippen molar-refractivity contribution in [3.63, 3.8) is 0 Å². The Morgan fingerprint density at radius 3 is 2.50 bits per heavy atom. The smallest absolute Gasteiger partial charge is 0.416 e. The molecule has 1 atom stereocenters. The fraction of sp³-hybridized carbons (Fsp3) is 0.478. The van der Waals surface area contributed by atoms with Crippen LogP contribution in [0.25, 0.3) is 0 Å². The third kappa shape index (κ3) is 6.51. The van der Waals surface area contributed by atoms with Crippen LogP contribution in [0.5, 0.6) is 0 Å². The topological polar surface area (TPSA) is 67.9 Å². The minimum Gasteiger partial charge on any atom is -0.493 e. The van der Waals surface area contributed by atoms with Crippen molar-refractivity contribution >= 4 is 11.9 Å². The molecule has 1 heterocycles. The Bertz CT molecular complexity index is 915. The van der Waals surface area contributed by atoms with Crippen LogP contribution >= 0.6 is 0 Å². The number of benzene rings is 1. The van der Waals surface area contributed by atoms with Gasteiger partial charge >= 0.3 is 12.3 Å². The fourth-order valence-electron chi connectivity index (χ4n) is 3.48. The van der Waals surface area contributed by atoms with Gasteiger partial charge in [-0.2, -0.15) is 13.2 Å². The summed E-state index contributed by atoms with van der Waals surface area (Å²) in [5, 5.41) is 2.69. The standard InChI is InChI=1S/C23H27F3N2O4/c1-22(2,3)32-21(30)27-8-9-28-12-16-10-18(11-20(29)19(16)13-28)31-14-15-4-6-17(7-5-15)23(24,25)26/h4-7,10,12,19H,8-9,11,13-14H2,1-3H3,(H,27,30). The molecule has 3 rings (SSSR count). The highest BCUT2D eigenvalue weighted by atomic mass is 19.4. The molecule has 32 heavy (non-hydrogen) atoms. The van der Waals surface area contributed by atoms with E-state index in [0.717, 1.165) is 17.7 Å². The van der Waals surface area contributed by atoms with E-state index in [1.807, 2.05) is 17.2 Å². The van der Waals surface area contributed by atoms with E-state index in [4.69, 9.17) is 9.47 Å². The molecule has 0 radical (unpaired) electrons. The number of hydrogen-bond acceptors (Lipinski definition) is 5. The van der Waals surface area contributed by atoms with E-state index in [0.29, 0.717) is 31.0 Å². The van der Waals surface area contributed by atoms with Crippen molar-refractivity contribution in [2.24, 2.45) is 5.92 Å². The van der Waals surface area contributed by atoms with Crippen LogP contribution in [0.2, 0.25) is 0 Å². The molecule has 1 aliphatic carbocycles. The van der Waals surface area contributed by atoms with Crippen LogP contribution < -0.4 is 5.32 Å². The molecule has 1 N–H and O–H groups in total. The summed E-state index contributed by atoms with van der Waals surface area (Å²) in [7, 11) is 0. The number of amides is 1. The first kappa shape index (κ1) is 23.7. The Kier molecular flexibility index (Phi) is 6.85. The van der Waals surface area contributed by atoms with Gasteiger partial charge in [-0.3, -0.25) is 4.79 Å². The van der Waals surface area contributed by atoms with Crippen molar-refractivity contribution in [1.29, 1.82) is 0 Å². The van der Waals surface area contributed by atoms with E-state index < -0.39 is 23.4 Å². The first-order valence-corrected chi connectivity index (χ1v) is 10.4. The summed E-state index contributed by atoms with van der Waals surface area (Å²) in [5.41, 5.74) is 0.140. The van der Waals surface area contributed by atoms with Gasteiger partial charge in [-0.1, -0.05) is 12.1 Å². The van der Waals surface area contributed by atoms with Crippen LogP contribution in [-0.4, -0.2) is 42.0 Å². The number of carbonyl (C=O) groups is 2. The highest BCUT2D eigenvalue weighted by Gasteiger charge is 2.34. The molecular weight excluding hydrogens is 425 g/mol. The molecule has 0 spiro atoms. The molecule has 0 aromatic heterocycles. The van der Waals surface area contributed by atoms with E-state index in [1.165, 1.54) is 12.1 Å². The van der Waals surface area contributed by atoms with Crippen molar-refractivity contribution < 1.29 is 32.2 Å². The first-order chi connectivity index (χ1) is 14.9. The number of alkyl carbamates (subject to hydrolysis) is 1. The number of fused-ring (bicyclic) bond motifs is 1. The van der Waals surface area contributed by atoms with Crippen LogP contribution in [0, 0.1) is 5.92 Å². The molecule has 0 saturated carbocycles. The number of alkyl halides is 3. The van der Waals surface area contributed by atoms with Gasteiger partial charge in [0.25, 0.3) is 0 Å². The molecule has 6 nitrogen and oxygen atoms in total. The number of Topliss-reactive ketones (excluding diaryl/α,β-unsaturated/α-hetero) is 1. The number of rotatable bonds is 6. The lowest BCUT2D eigenvalue weighted by molar-refractivity contribution is -0.137. The zero-order chi connectivity index (χ0) is 23.5. The van der Waals surface area contributed by atoms with E-state index in [2.05, 4.69) is 5.32 Å². The van der Waals surface area contributed by atoms with Crippen LogP contribution in [0.15, 0.2) is 47.9 Å². The summed E-state index contributed by atoms with van der Waals surface area (Å²) in [5.74, 6) is 0.282. The Hall–Kier alpha value is -2.97. The Morgan fingerprint density at radius 2 is 1.88 bits per heavy atom. The zero-order valence-electron chi connectivity index (χ0n) is 18.3. The predicted octanol–water partition coefficient (Wildman–Crippen LogP) is 4.42. The average Bonchev–Trinajstić information content (AvgIpc) is 3.08. The van der Waals surface area contributed by atoms with Gasteiger partial charge in [0, 0.05) is 25.8 Å². The van der Waals surface area contributed by atoms with Gasteiger partial charge in [0.05, 0.1) is 17.9 Å². The Labute approximate surface area is 185 Å². The molecule has 0 fully saturated rings. The zero-order valence-corrected chi connectivity index (χ0v) is 18.3. The van der Waals surface area contributed by atoms with Crippen LogP contribution in [0.1, 0.15) is 38.3 Å². The molecule has 0 saturated heterocycles. The lowest BCUT2D eigenvalue weighted by atomic mass is 9.89. The number of hydrogen-bond donors (Lipinski definition) is 1. The molecule has 0 bridgehead atoms. The highest BCUT2D eigenvalue weighted by molar-refractivity contribution is 5.88. The first-order valence-electron chi connectivity index (χ1n) is 10.4. The summed E-state index contributed by atoms with van der Waals surface area (Å²) in [6.07, 6.45) is -1.03. The quantitative estimate of drug-likeness (QED) is 0.692. The summed E-state index contributed by atoms with van der Waals surface area (Å²) in [4.78, 5) is 26.2. The van der Waals surface area contributed by atoms with Crippen LogP contribution in [0.4, 0.5) is 18.0 Å². The molecule has 2 aliphatic rings. The second-order valence-electron chi connectivity index (χ2n) is 8.84. The second kappa shape index (κ2) is 9.26. The van der Waals surface area contributed by atoms with Gasteiger partial charge in [-0.25, -0.2) is 4.79 Å². The summed E-state index contributed by atoms with van der Waals surface area (Å²) >= 11 is 0. The van der Waals surface area contributed by atoms with E-state index in [1.54, 1.807) is 20.8 Å². The Balaban J connectivity index is 1.52. The second-order valence-corrected chi connectivity index (χ2v) is 8.84. The maximum Gasteiger partial charge on any atom is 0.416 e. The summed E-state index contributed by atoms with van der Waals surface area (Å²) < 4.78 is 48.9. The van der Waals surface area contributed by atoms with E-state index in [-0.39, 0.29) is 24.7 Å². The highest BCUT2D eigenvalue weighted by Crippen LogP contribution is 2.32. The number of halogens is 3. The fourth-order valence-corrected chi connectivity index (χ4v) is 3.48. The van der Waals surface area contributed by atoms with E-state index in [9.17, 15) is 22.8 Å². The SMILES string of the molecule is CC(C)(C)OC(=O)NCCN1C=C2C=C(OCc3ccc(C(F)(F)F)cc3)CC(=O)C2C1. The minimum atomic E-state index is -4.38. The molecule has 1 amide bonds. The van der Waals surface area contributed by atoms with Gasteiger partial charge in [0.1, 0.15) is 23.8 Å². The maximum atomic E-state index is 12.7. The number of allylic oxidation sites excluding steroid dienone is 2. The maximum absolute atomic E-state index is 12.7. The van der Waals surface area contributed by atoms with Crippen LogP contribution in [-0.2, 0) is 27.1 Å². The largest absolute Gasteiger partial charge is 0.493 e. The third-order valence-electron chi connectivity index (χ3n) is 4.99. The van der Waals surface area contributed by atoms with Crippen molar-refractivity contribution in [3.05, 3.63) is 59.0 Å². The van der Waals surface area contributed by atoms with Gasteiger partial charge in [-0.05, 0) is 50.1 Å². The van der Waals surface area contributed by atoms with Gasteiger partial charge in [0.15, 0.2) is 0 Å². The minimum absolute atomic E-state index is 0.0313. The number of carbonyl (C=O) groups excluding carboxylic acids is 2. The van der Waals surface area contributed by atoms with Gasteiger partial charge in [-0.15, -0.1) is 0 Å². The molecule has 9 heteroatoms. The predicted molar refractivity (Wildman–Crippen MR) is 111 cm³/mol. The monoisotopic (exact) mass is 452 g/mol. The number of ketones is 1. The van der Waals surface area contributed by atoms with Crippen molar-refractivity contribution in [2.45, 2.75) is 45.6 Å². The van der Waals surface area contributed by atoms with Crippen molar-refractivity contribution in [2.75, 3.05) is 19.6 Å². The van der Waals surface area contributed by atoms with Gasteiger partial charge < -0.3 is 19.7 Å². The summed E-state index contributed by atoms with van der Waals surface area (Å²) in [6, 6.07) is 4.76. The normalized spacial score (nSPS) is 18.6. The number of nitrogens with one attached hydrogen (secondary N) is 1. The molecule has 1 aromatic carbocycles. The number of ether oxygens (including phenoxy) is 2. The van der Waals surface area contributed by atoms with Crippen molar-refractivity contribution in [1.82, 2.24) is 10.2 Å². The average molecular weight is 452 g/mol. The third-order valence-corrected chi connectivity index (χ3v) is 4.99. The molecule has 174 valence electrons. The molecule has 1 aliphatic heterocycles. The van der Waals surface area contributed by atoms with Crippen LogP contribution in [0.3, 0.4) is 0 Å². The molecular formula is C23H27F3N2O4. The summed E-state index contributed by atoms with van der Waals surface area (Å²) in [6.45, 7) is 6.89. The van der Waals surface area contributed by atoms with Gasteiger partial charge in [0.2, 0.25) is 0 Å². The lowest BCUT2D eigenvalue weighted by Gasteiger charge is -2.22. The molecule has 1 unspecified atom stereocenters. The lowest BCUT2D eigenvalue weighted by Crippen LogP contribution is -2.37. The Morgan fingerprint density at radius 1 is 1.19 bits per heavy atom. The molecule has 1 aromatic rings. The number of nitrogens with zero attached hydrogens (tertiary/aromatic N) is 1.